The molecule has 5 rings (SSSR count). The maximum absolute atomic E-state index is 6.24. The van der Waals surface area contributed by atoms with E-state index in [1.807, 2.05) is 85.2 Å². The van der Waals surface area contributed by atoms with Crippen LogP contribution in [0.5, 0.6) is 5.75 Å². The Hall–Kier alpha value is -4.08. The number of halogens is 1. The van der Waals surface area contributed by atoms with E-state index in [0.29, 0.717) is 13.2 Å². The Labute approximate surface area is 211 Å². The highest BCUT2D eigenvalue weighted by Gasteiger charge is 2.12. The van der Waals surface area contributed by atoms with Crippen LogP contribution in [0, 0.1) is 0 Å². The van der Waals surface area contributed by atoms with Crippen LogP contribution in [0.4, 0.5) is 5.69 Å². The van der Waals surface area contributed by atoms with Crippen molar-refractivity contribution < 1.29 is 4.74 Å². The molecule has 3 nitrogen and oxygen atoms in total. The van der Waals surface area contributed by atoms with Crippen molar-refractivity contribution in [1.29, 1.82) is 0 Å². The molecule has 1 heterocycles. The molecule has 5 aromatic rings. The van der Waals surface area contributed by atoms with Crippen molar-refractivity contribution in [3.63, 3.8) is 0 Å². The van der Waals surface area contributed by atoms with Crippen molar-refractivity contribution in [2.24, 2.45) is 0 Å². The second kappa shape index (κ2) is 10.9. The number of benzene rings is 4. The molecule has 0 aliphatic rings. The lowest BCUT2D eigenvalue weighted by atomic mass is 9.96. The Balaban J connectivity index is 1.48. The summed E-state index contributed by atoms with van der Waals surface area (Å²) < 4.78 is 6.24. The molecule has 0 saturated heterocycles. The molecule has 0 unspecified atom stereocenters. The van der Waals surface area contributed by atoms with Gasteiger partial charge in [-0.3, -0.25) is 4.98 Å². The molecule has 0 fully saturated rings. The molecule has 0 radical (unpaired) electrons. The first-order valence-electron chi connectivity index (χ1n) is 11.6. The SMILES string of the molecule is Clc1ccc(-c2ccncc2-c2ccc(OCc3ccccc3)c(NCc3ccccc3)c2)cc1. The van der Waals surface area contributed by atoms with Crippen LogP contribution in [-0.2, 0) is 13.2 Å². The molecule has 35 heavy (non-hydrogen) atoms. The summed E-state index contributed by atoms with van der Waals surface area (Å²) >= 11 is 6.12. The lowest BCUT2D eigenvalue weighted by molar-refractivity contribution is 0.307. The van der Waals surface area contributed by atoms with E-state index in [-0.39, 0.29) is 0 Å². The summed E-state index contributed by atoms with van der Waals surface area (Å²) in [5, 5.41) is 4.30. The second-order valence-electron chi connectivity index (χ2n) is 8.25. The minimum atomic E-state index is 0.503. The van der Waals surface area contributed by atoms with Crippen LogP contribution in [0.2, 0.25) is 5.02 Å². The fourth-order valence-electron chi connectivity index (χ4n) is 4.00. The number of nitrogens with zero attached hydrogens (tertiary/aromatic N) is 1. The van der Waals surface area contributed by atoms with Crippen LogP contribution in [0.1, 0.15) is 11.1 Å². The number of hydrogen-bond acceptors (Lipinski definition) is 3. The van der Waals surface area contributed by atoms with Gasteiger partial charge in [0.2, 0.25) is 0 Å². The molecule has 0 atom stereocenters. The molecule has 0 saturated carbocycles. The maximum Gasteiger partial charge on any atom is 0.142 e. The zero-order valence-electron chi connectivity index (χ0n) is 19.2. The van der Waals surface area contributed by atoms with Gasteiger partial charge in [-0.15, -0.1) is 0 Å². The van der Waals surface area contributed by atoms with E-state index < -0.39 is 0 Å². The van der Waals surface area contributed by atoms with Crippen molar-refractivity contribution in [3.05, 3.63) is 138 Å². The van der Waals surface area contributed by atoms with Crippen LogP contribution in [-0.4, -0.2) is 4.98 Å². The largest absolute Gasteiger partial charge is 0.487 e. The van der Waals surface area contributed by atoms with E-state index in [0.717, 1.165) is 44.3 Å². The molecule has 1 N–H and O–H groups in total. The molecule has 0 amide bonds. The minimum absolute atomic E-state index is 0.503. The third-order valence-corrected chi connectivity index (χ3v) is 6.08. The fraction of sp³-hybridized carbons (Fsp3) is 0.0645. The summed E-state index contributed by atoms with van der Waals surface area (Å²) in [6.07, 6.45) is 3.73. The maximum atomic E-state index is 6.24. The van der Waals surface area contributed by atoms with Gasteiger partial charge in [-0.25, -0.2) is 0 Å². The van der Waals surface area contributed by atoms with Gasteiger partial charge in [-0.2, -0.15) is 0 Å². The Morgan fingerprint density at radius 1 is 0.686 bits per heavy atom. The monoisotopic (exact) mass is 476 g/mol. The Morgan fingerprint density at radius 2 is 1.37 bits per heavy atom. The van der Waals surface area contributed by atoms with E-state index in [4.69, 9.17) is 16.3 Å². The molecule has 0 spiro atoms. The molecular formula is C31H25ClN2O. The van der Waals surface area contributed by atoms with E-state index in [2.05, 4.69) is 46.7 Å². The van der Waals surface area contributed by atoms with Gasteiger partial charge < -0.3 is 10.1 Å². The number of nitrogens with one attached hydrogen (secondary N) is 1. The highest BCUT2D eigenvalue weighted by molar-refractivity contribution is 6.30. The summed E-state index contributed by atoms with van der Waals surface area (Å²) in [6, 6.07) is 36.7. The molecule has 4 heteroatoms. The van der Waals surface area contributed by atoms with E-state index in [9.17, 15) is 0 Å². The molecule has 172 valence electrons. The van der Waals surface area contributed by atoms with Crippen molar-refractivity contribution in [3.8, 4) is 28.0 Å². The van der Waals surface area contributed by atoms with Gasteiger partial charge in [0.15, 0.2) is 0 Å². The van der Waals surface area contributed by atoms with E-state index in [1.165, 1.54) is 5.56 Å². The predicted molar refractivity (Wildman–Crippen MR) is 145 cm³/mol. The number of anilines is 1. The molecular weight excluding hydrogens is 452 g/mol. The van der Waals surface area contributed by atoms with Gasteiger partial charge in [-0.05, 0) is 58.1 Å². The van der Waals surface area contributed by atoms with Gasteiger partial charge in [0, 0.05) is 29.5 Å². The summed E-state index contributed by atoms with van der Waals surface area (Å²) in [4.78, 5) is 4.41. The lowest BCUT2D eigenvalue weighted by Gasteiger charge is -2.17. The zero-order valence-corrected chi connectivity index (χ0v) is 20.0. The average Bonchev–Trinajstić information content (AvgIpc) is 2.92. The summed E-state index contributed by atoms with van der Waals surface area (Å²) in [6.45, 7) is 1.20. The van der Waals surface area contributed by atoms with Crippen molar-refractivity contribution in [2.75, 3.05) is 5.32 Å². The minimum Gasteiger partial charge on any atom is -0.487 e. The van der Waals surface area contributed by atoms with Crippen molar-refractivity contribution in [1.82, 2.24) is 4.98 Å². The van der Waals surface area contributed by atoms with E-state index in [1.54, 1.807) is 0 Å². The second-order valence-corrected chi connectivity index (χ2v) is 8.69. The lowest BCUT2D eigenvalue weighted by Crippen LogP contribution is -2.03. The number of hydrogen-bond donors (Lipinski definition) is 1. The third kappa shape index (κ3) is 5.71. The van der Waals surface area contributed by atoms with Gasteiger partial charge in [-0.1, -0.05) is 90.5 Å². The topological polar surface area (TPSA) is 34.1 Å². The highest BCUT2D eigenvalue weighted by Crippen LogP contribution is 2.36. The first kappa shape index (κ1) is 22.7. The first-order chi connectivity index (χ1) is 17.3. The Kier molecular flexibility index (Phi) is 7.07. The normalized spacial score (nSPS) is 10.7. The summed E-state index contributed by atoms with van der Waals surface area (Å²) in [7, 11) is 0. The van der Waals surface area contributed by atoms with E-state index >= 15 is 0 Å². The number of ether oxygens (including phenoxy) is 1. The van der Waals surface area contributed by atoms with Gasteiger partial charge in [0.1, 0.15) is 12.4 Å². The van der Waals surface area contributed by atoms with Crippen molar-refractivity contribution in [2.45, 2.75) is 13.2 Å². The Morgan fingerprint density at radius 3 is 2.11 bits per heavy atom. The fourth-order valence-corrected chi connectivity index (χ4v) is 4.12. The Bertz CT molecular complexity index is 1390. The summed E-state index contributed by atoms with van der Waals surface area (Å²) in [5.41, 5.74) is 7.57. The predicted octanol–water partition coefficient (Wildman–Crippen LogP) is 8.26. The van der Waals surface area contributed by atoms with Crippen molar-refractivity contribution >= 4 is 17.3 Å². The first-order valence-corrected chi connectivity index (χ1v) is 11.9. The smallest absolute Gasteiger partial charge is 0.142 e. The molecule has 1 aromatic heterocycles. The van der Waals surface area contributed by atoms with Gasteiger partial charge >= 0.3 is 0 Å². The van der Waals surface area contributed by atoms with Crippen LogP contribution >= 0.6 is 11.6 Å². The van der Waals surface area contributed by atoms with Gasteiger partial charge in [0.25, 0.3) is 0 Å². The standard InChI is InChI=1S/C31H25ClN2O/c32-27-14-11-25(12-15-27)28-17-18-33-21-29(28)26-13-16-31(35-22-24-9-5-2-6-10-24)30(19-26)34-20-23-7-3-1-4-8-23/h1-19,21,34H,20,22H2. The molecule has 0 bridgehead atoms. The van der Waals surface area contributed by atoms with Crippen LogP contribution < -0.4 is 10.1 Å². The highest BCUT2D eigenvalue weighted by atomic mass is 35.5. The van der Waals surface area contributed by atoms with Crippen LogP contribution in [0.3, 0.4) is 0 Å². The third-order valence-electron chi connectivity index (χ3n) is 5.83. The average molecular weight is 477 g/mol. The number of pyridine rings is 1. The van der Waals surface area contributed by atoms with Crippen LogP contribution in [0.15, 0.2) is 122 Å². The molecule has 4 aromatic carbocycles. The zero-order chi connectivity index (χ0) is 23.9. The number of aromatic nitrogens is 1. The number of rotatable bonds is 8. The molecule has 0 aliphatic heterocycles. The quantitative estimate of drug-likeness (QED) is 0.245. The molecule has 0 aliphatic carbocycles. The summed E-state index contributed by atoms with van der Waals surface area (Å²) in [5.74, 6) is 0.811. The van der Waals surface area contributed by atoms with Gasteiger partial charge in [0.05, 0.1) is 5.69 Å². The van der Waals surface area contributed by atoms with Crippen LogP contribution in [0.25, 0.3) is 22.3 Å².